The van der Waals surface area contributed by atoms with Crippen molar-refractivity contribution in [1.29, 1.82) is 0 Å². The number of aliphatic hydroxyl groups excluding tert-OH is 1. The van der Waals surface area contributed by atoms with Crippen molar-refractivity contribution >= 4 is 17.6 Å². The number of aromatic nitrogens is 3. The summed E-state index contributed by atoms with van der Waals surface area (Å²) in [7, 11) is 1.64. The zero-order valence-corrected chi connectivity index (χ0v) is 17.0. The van der Waals surface area contributed by atoms with E-state index in [-0.39, 0.29) is 12.6 Å². The maximum Gasteiger partial charge on any atom is 0.191 e. The molecule has 28 heavy (non-hydrogen) atoms. The van der Waals surface area contributed by atoms with Gasteiger partial charge in [0, 0.05) is 31.1 Å². The molecule has 1 aromatic heterocycles. The number of aliphatic imine (C=N–C) groups is 1. The summed E-state index contributed by atoms with van der Waals surface area (Å²) < 4.78 is 7.04. The van der Waals surface area contributed by atoms with Crippen LogP contribution in [-0.4, -0.2) is 52.1 Å². The maximum absolute atomic E-state index is 10.4. The van der Waals surface area contributed by atoms with Gasteiger partial charge >= 0.3 is 0 Å². The summed E-state index contributed by atoms with van der Waals surface area (Å²) in [6.07, 6.45) is 1.11. The van der Waals surface area contributed by atoms with Gasteiger partial charge in [0.25, 0.3) is 0 Å². The van der Waals surface area contributed by atoms with Crippen molar-refractivity contribution in [2.45, 2.75) is 45.1 Å². The van der Waals surface area contributed by atoms with Crippen LogP contribution in [0.5, 0.6) is 0 Å². The fourth-order valence-electron chi connectivity index (χ4n) is 3.15. The number of nitrogens with zero attached hydrogens (tertiary/aromatic N) is 4. The number of aliphatic hydroxyl groups is 1. The standard InChI is InChI=1S/C19H27ClN6O2/c1-3-21-19(22-10-16(27)13-4-6-14(20)7-5-13)23-15-8-9-18-24-17(12-28-2)25-26(18)11-15/h4-7,15-16,27H,3,8-12H2,1-2H3,(H2,21,22,23). The number of methoxy groups -OCH3 is 1. The van der Waals surface area contributed by atoms with Crippen molar-refractivity contribution in [1.82, 2.24) is 25.4 Å². The molecule has 1 aromatic carbocycles. The Balaban J connectivity index is 1.60. The van der Waals surface area contributed by atoms with Gasteiger partial charge in [0.1, 0.15) is 12.4 Å². The molecular formula is C19H27ClN6O2. The SMILES string of the molecule is CCNC(=NCC(O)c1ccc(Cl)cc1)NC1CCc2nc(COC)nn2C1. The highest BCUT2D eigenvalue weighted by molar-refractivity contribution is 6.30. The Bertz CT molecular complexity index is 792. The van der Waals surface area contributed by atoms with Gasteiger partial charge in [-0.05, 0) is 31.0 Å². The molecule has 152 valence electrons. The first-order chi connectivity index (χ1) is 13.6. The minimum atomic E-state index is -0.683. The molecule has 0 spiro atoms. The first-order valence-electron chi connectivity index (χ1n) is 9.49. The number of hydrogen-bond donors (Lipinski definition) is 3. The quantitative estimate of drug-likeness (QED) is 0.478. The second kappa shape index (κ2) is 9.86. The average Bonchev–Trinajstić information content (AvgIpc) is 3.08. The highest BCUT2D eigenvalue weighted by Gasteiger charge is 2.22. The Hall–Kier alpha value is -2.16. The van der Waals surface area contributed by atoms with Gasteiger partial charge in [-0.3, -0.25) is 4.99 Å². The van der Waals surface area contributed by atoms with Gasteiger partial charge in [-0.25, -0.2) is 9.67 Å². The molecule has 1 aliphatic rings. The van der Waals surface area contributed by atoms with Crippen LogP contribution in [-0.2, 0) is 24.3 Å². The summed E-state index contributed by atoms with van der Waals surface area (Å²) in [4.78, 5) is 9.04. The number of halogens is 1. The van der Waals surface area contributed by atoms with E-state index in [9.17, 15) is 5.11 Å². The molecule has 0 radical (unpaired) electrons. The largest absolute Gasteiger partial charge is 0.386 e. The summed E-state index contributed by atoms with van der Waals surface area (Å²) in [5.74, 6) is 2.39. The lowest BCUT2D eigenvalue weighted by molar-refractivity contribution is 0.177. The predicted molar refractivity (Wildman–Crippen MR) is 108 cm³/mol. The van der Waals surface area contributed by atoms with E-state index in [2.05, 4.69) is 25.7 Å². The third-order valence-electron chi connectivity index (χ3n) is 4.54. The highest BCUT2D eigenvalue weighted by atomic mass is 35.5. The molecule has 3 N–H and O–H groups in total. The van der Waals surface area contributed by atoms with Crippen LogP contribution in [0.1, 0.15) is 36.7 Å². The Morgan fingerprint density at radius 2 is 2.21 bits per heavy atom. The number of fused-ring (bicyclic) bond motifs is 1. The number of guanidine groups is 1. The van der Waals surface area contributed by atoms with Crippen molar-refractivity contribution in [3.63, 3.8) is 0 Å². The number of nitrogens with one attached hydrogen (secondary N) is 2. The van der Waals surface area contributed by atoms with E-state index in [0.29, 0.717) is 23.4 Å². The molecule has 0 saturated carbocycles. The summed E-state index contributed by atoms with van der Waals surface area (Å²) in [5.41, 5.74) is 0.791. The highest BCUT2D eigenvalue weighted by Crippen LogP contribution is 2.17. The van der Waals surface area contributed by atoms with Gasteiger partial charge in [0.05, 0.1) is 19.2 Å². The van der Waals surface area contributed by atoms with Crippen LogP contribution in [0.2, 0.25) is 5.02 Å². The number of hydrogen-bond acceptors (Lipinski definition) is 5. The molecule has 0 saturated heterocycles. The Morgan fingerprint density at radius 3 is 2.93 bits per heavy atom. The Labute approximate surface area is 170 Å². The summed E-state index contributed by atoms with van der Waals surface area (Å²) in [6, 6.07) is 7.35. The van der Waals surface area contributed by atoms with Gasteiger partial charge in [-0.1, -0.05) is 23.7 Å². The van der Waals surface area contributed by atoms with Crippen molar-refractivity contribution in [3.05, 3.63) is 46.5 Å². The number of ether oxygens (including phenoxy) is 1. The lowest BCUT2D eigenvalue weighted by Gasteiger charge is -2.25. The van der Waals surface area contributed by atoms with Crippen LogP contribution in [0.3, 0.4) is 0 Å². The smallest absolute Gasteiger partial charge is 0.191 e. The second-order valence-corrected chi connectivity index (χ2v) is 7.16. The molecule has 2 aromatic rings. The third-order valence-corrected chi connectivity index (χ3v) is 4.79. The normalized spacial score (nSPS) is 17.9. The molecule has 0 aliphatic carbocycles. The number of aryl methyl sites for hydroxylation is 1. The zero-order chi connectivity index (χ0) is 19.9. The Kier molecular flexibility index (Phi) is 7.24. The lowest BCUT2D eigenvalue weighted by Crippen LogP contribution is -2.47. The van der Waals surface area contributed by atoms with Crippen molar-refractivity contribution in [2.24, 2.45) is 4.99 Å². The van der Waals surface area contributed by atoms with Gasteiger partial charge in [-0.2, -0.15) is 5.10 Å². The minimum Gasteiger partial charge on any atom is -0.386 e. The second-order valence-electron chi connectivity index (χ2n) is 6.73. The maximum atomic E-state index is 10.4. The molecule has 2 unspecified atom stereocenters. The van der Waals surface area contributed by atoms with E-state index in [1.54, 1.807) is 19.2 Å². The van der Waals surface area contributed by atoms with Gasteiger partial charge in [0.15, 0.2) is 11.8 Å². The van der Waals surface area contributed by atoms with Crippen LogP contribution < -0.4 is 10.6 Å². The molecular weight excluding hydrogens is 380 g/mol. The Morgan fingerprint density at radius 1 is 1.43 bits per heavy atom. The van der Waals surface area contributed by atoms with E-state index in [1.165, 1.54) is 0 Å². The zero-order valence-electron chi connectivity index (χ0n) is 16.2. The molecule has 0 bridgehead atoms. The van der Waals surface area contributed by atoms with Crippen LogP contribution in [0, 0.1) is 0 Å². The molecule has 8 nitrogen and oxygen atoms in total. The topological polar surface area (TPSA) is 96.6 Å². The monoisotopic (exact) mass is 406 g/mol. The van der Waals surface area contributed by atoms with Gasteiger partial charge < -0.3 is 20.5 Å². The first-order valence-corrected chi connectivity index (χ1v) is 9.86. The molecule has 0 amide bonds. The summed E-state index contributed by atoms with van der Waals surface area (Å²) in [6.45, 7) is 4.15. The van der Waals surface area contributed by atoms with Gasteiger partial charge in [0.2, 0.25) is 0 Å². The fourth-order valence-corrected chi connectivity index (χ4v) is 3.28. The number of rotatable bonds is 7. The minimum absolute atomic E-state index is 0.190. The average molecular weight is 407 g/mol. The third kappa shape index (κ3) is 5.43. The van der Waals surface area contributed by atoms with Crippen LogP contribution >= 0.6 is 11.6 Å². The van der Waals surface area contributed by atoms with E-state index < -0.39 is 6.10 Å². The number of benzene rings is 1. The van der Waals surface area contributed by atoms with Gasteiger partial charge in [-0.15, -0.1) is 0 Å². The molecule has 0 fully saturated rings. The predicted octanol–water partition coefficient (Wildman–Crippen LogP) is 1.68. The van der Waals surface area contributed by atoms with Crippen molar-refractivity contribution < 1.29 is 9.84 Å². The lowest BCUT2D eigenvalue weighted by atomic mass is 10.1. The van der Waals surface area contributed by atoms with Crippen LogP contribution in [0.25, 0.3) is 0 Å². The van der Waals surface area contributed by atoms with E-state index in [1.807, 2.05) is 23.7 Å². The molecule has 9 heteroatoms. The van der Waals surface area contributed by atoms with E-state index in [0.717, 1.165) is 37.3 Å². The molecule has 2 heterocycles. The summed E-state index contributed by atoms with van der Waals surface area (Å²) in [5, 5.41) is 22.2. The van der Waals surface area contributed by atoms with Crippen molar-refractivity contribution in [3.8, 4) is 0 Å². The van der Waals surface area contributed by atoms with Crippen molar-refractivity contribution in [2.75, 3.05) is 20.2 Å². The molecule has 1 aliphatic heterocycles. The van der Waals surface area contributed by atoms with Crippen LogP contribution in [0.15, 0.2) is 29.3 Å². The molecule has 3 rings (SSSR count). The van der Waals surface area contributed by atoms with Crippen LogP contribution in [0.4, 0.5) is 0 Å². The fraction of sp³-hybridized carbons (Fsp3) is 0.526. The first kappa shape index (κ1) is 20.6. The van der Waals surface area contributed by atoms with E-state index in [4.69, 9.17) is 16.3 Å². The molecule has 2 atom stereocenters. The summed E-state index contributed by atoms with van der Waals surface area (Å²) >= 11 is 5.90. The van der Waals surface area contributed by atoms with E-state index >= 15 is 0 Å².